The van der Waals surface area contributed by atoms with Crippen molar-refractivity contribution in [3.63, 3.8) is 0 Å². The van der Waals surface area contributed by atoms with Gasteiger partial charge in [0.2, 0.25) is 5.95 Å². The molecule has 0 aliphatic rings. The van der Waals surface area contributed by atoms with Gasteiger partial charge >= 0.3 is 0 Å². The fraction of sp³-hybridized carbons (Fsp3) is 0.467. The van der Waals surface area contributed by atoms with Crippen LogP contribution < -0.4 is 10.6 Å². The number of hydrogen-bond acceptors (Lipinski definition) is 6. The van der Waals surface area contributed by atoms with Crippen molar-refractivity contribution in [2.24, 2.45) is 0 Å². The van der Waals surface area contributed by atoms with Crippen molar-refractivity contribution in [3.05, 3.63) is 24.3 Å². The van der Waals surface area contributed by atoms with Crippen LogP contribution in [0.1, 0.15) is 20.3 Å². The van der Waals surface area contributed by atoms with Crippen molar-refractivity contribution in [1.29, 1.82) is 0 Å². The summed E-state index contributed by atoms with van der Waals surface area (Å²) in [6.07, 6.45) is 0.976. The fourth-order valence-electron chi connectivity index (χ4n) is 1.90. The lowest BCUT2D eigenvalue weighted by atomic mass is 10.1. The number of aliphatic hydroxyl groups excluding tert-OH is 2. The van der Waals surface area contributed by atoms with E-state index in [0.717, 1.165) is 23.9 Å². The van der Waals surface area contributed by atoms with E-state index in [1.54, 1.807) is 6.92 Å². The zero-order valence-electron chi connectivity index (χ0n) is 12.4. The Morgan fingerprint density at radius 1 is 1.14 bits per heavy atom. The van der Waals surface area contributed by atoms with Gasteiger partial charge in [0.05, 0.1) is 24.3 Å². The number of para-hydroxylation sites is 1. The smallest absolute Gasteiger partial charge is 0.225 e. The number of fused-ring (bicyclic) bond motifs is 1. The van der Waals surface area contributed by atoms with Crippen LogP contribution in [0.4, 0.5) is 11.8 Å². The van der Waals surface area contributed by atoms with Gasteiger partial charge in [-0.3, -0.25) is 0 Å². The summed E-state index contributed by atoms with van der Waals surface area (Å²) in [6, 6.07) is 7.65. The Morgan fingerprint density at radius 2 is 1.86 bits per heavy atom. The van der Waals surface area contributed by atoms with E-state index < -0.39 is 5.54 Å². The minimum absolute atomic E-state index is 0.195. The van der Waals surface area contributed by atoms with Gasteiger partial charge in [0.25, 0.3) is 0 Å². The molecular weight excluding hydrogens is 268 g/mol. The molecule has 6 heteroatoms. The van der Waals surface area contributed by atoms with E-state index in [0.29, 0.717) is 11.8 Å². The zero-order valence-corrected chi connectivity index (χ0v) is 12.4. The molecule has 0 fully saturated rings. The summed E-state index contributed by atoms with van der Waals surface area (Å²) in [6.45, 7) is 4.21. The first-order valence-electron chi connectivity index (χ1n) is 7.12. The zero-order chi connectivity index (χ0) is 15.3. The molecule has 0 amide bonds. The monoisotopic (exact) mass is 290 g/mol. The van der Waals surface area contributed by atoms with E-state index >= 15 is 0 Å². The maximum atomic E-state index is 9.45. The molecule has 0 radical (unpaired) electrons. The topological polar surface area (TPSA) is 90.3 Å². The van der Waals surface area contributed by atoms with Crippen molar-refractivity contribution in [2.75, 3.05) is 30.4 Å². The summed E-state index contributed by atoms with van der Waals surface area (Å²) >= 11 is 0. The van der Waals surface area contributed by atoms with E-state index in [2.05, 4.69) is 27.5 Å². The first kappa shape index (κ1) is 15.5. The molecule has 1 aromatic heterocycles. The number of hydrogen-bond donors (Lipinski definition) is 4. The van der Waals surface area contributed by atoms with Gasteiger partial charge < -0.3 is 20.8 Å². The minimum Gasteiger partial charge on any atom is -0.394 e. The van der Waals surface area contributed by atoms with Gasteiger partial charge in [0, 0.05) is 11.9 Å². The number of nitrogens with zero attached hydrogens (tertiary/aromatic N) is 2. The molecular formula is C15H22N4O2. The Balaban J connectivity index is 2.44. The molecule has 0 atom stereocenters. The number of aliphatic hydroxyl groups is 2. The Labute approximate surface area is 124 Å². The van der Waals surface area contributed by atoms with Crippen LogP contribution in [0.15, 0.2) is 24.3 Å². The van der Waals surface area contributed by atoms with Gasteiger partial charge in [-0.1, -0.05) is 19.1 Å². The number of anilines is 2. The van der Waals surface area contributed by atoms with Crippen molar-refractivity contribution >= 4 is 22.7 Å². The van der Waals surface area contributed by atoms with E-state index in [-0.39, 0.29) is 13.2 Å². The van der Waals surface area contributed by atoms with Crippen LogP contribution in [-0.2, 0) is 0 Å². The first-order chi connectivity index (χ1) is 10.1. The molecule has 2 rings (SSSR count). The normalized spacial score (nSPS) is 11.6. The third-order valence-corrected chi connectivity index (χ3v) is 3.25. The molecule has 21 heavy (non-hydrogen) atoms. The number of nitrogens with one attached hydrogen (secondary N) is 2. The average molecular weight is 290 g/mol. The van der Waals surface area contributed by atoms with Gasteiger partial charge in [-0.2, -0.15) is 4.98 Å². The molecule has 1 heterocycles. The van der Waals surface area contributed by atoms with Crippen LogP contribution in [-0.4, -0.2) is 45.5 Å². The molecule has 0 bridgehead atoms. The molecule has 4 N–H and O–H groups in total. The van der Waals surface area contributed by atoms with Gasteiger partial charge in [0.1, 0.15) is 5.82 Å². The number of aromatic nitrogens is 2. The van der Waals surface area contributed by atoms with Crippen molar-refractivity contribution in [3.8, 4) is 0 Å². The van der Waals surface area contributed by atoms with E-state index in [9.17, 15) is 10.2 Å². The first-order valence-corrected chi connectivity index (χ1v) is 7.12. The largest absolute Gasteiger partial charge is 0.394 e. The summed E-state index contributed by atoms with van der Waals surface area (Å²) in [4.78, 5) is 8.93. The lowest BCUT2D eigenvalue weighted by Crippen LogP contribution is -2.42. The van der Waals surface area contributed by atoms with E-state index in [1.165, 1.54) is 0 Å². The second kappa shape index (κ2) is 6.69. The molecule has 0 spiro atoms. The van der Waals surface area contributed by atoms with Crippen LogP contribution in [0.25, 0.3) is 10.9 Å². The van der Waals surface area contributed by atoms with Crippen LogP contribution in [0, 0.1) is 0 Å². The lowest BCUT2D eigenvalue weighted by molar-refractivity contribution is 0.147. The maximum Gasteiger partial charge on any atom is 0.225 e. The predicted molar refractivity (Wildman–Crippen MR) is 84.5 cm³/mol. The number of rotatable bonds is 7. The quantitative estimate of drug-likeness (QED) is 0.619. The van der Waals surface area contributed by atoms with Gasteiger partial charge in [0.15, 0.2) is 0 Å². The van der Waals surface area contributed by atoms with Crippen molar-refractivity contribution in [1.82, 2.24) is 9.97 Å². The fourth-order valence-corrected chi connectivity index (χ4v) is 1.90. The van der Waals surface area contributed by atoms with E-state index in [1.807, 2.05) is 24.3 Å². The Morgan fingerprint density at radius 3 is 2.52 bits per heavy atom. The van der Waals surface area contributed by atoms with Crippen LogP contribution in [0.5, 0.6) is 0 Å². The SMILES string of the molecule is CCCNc1nc(NC(C)(CO)CO)c2ccccc2n1. The standard InChI is InChI=1S/C15H22N4O2/c1-3-8-16-14-17-12-7-5-4-6-11(12)13(18-14)19-15(2,9-20)10-21/h4-7,20-21H,3,8-10H2,1-2H3,(H2,16,17,18,19). The highest BCUT2D eigenvalue weighted by Crippen LogP contribution is 2.24. The predicted octanol–water partition coefficient (Wildman–Crippen LogP) is 1.61. The molecule has 114 valence electrons. The highest BCUT2D eigenvalue weighted by molar-refractivity contribution is 5.90. The molecule has 0 saturated heterocycles. The summed E-state index contributed by atoms with van der Waals surface area (Å²) in [5.74, 6) is 1.14. The second-order valence-electron chi connectivity index (χ2n) is 5.34. The van der Waals surface area contributed by atoms with Gasteiger partial charge in [-0.25, -0.2) is 4.98 Å². The molecule has 1 aromatic carbocycles. The summed E-state index contributed by atoms with van der Waals surface area (Å²) in [5, 5.41) is 26.0. The van der Waals surface area contributed by atoms with Crippen molar-refractivity contribution in [2.45, 2.75) is 25.8 Å². The molecule has 0 unspecified atom stereocenters. The molecule has 2 aromatic rings. The van der Waals surface area contributed by atoms with Gasteiger partial charge in [-0.15, -0.1) is 0 Å². The Bertz CT molecular complexity index is 599. The van der Waals surface area contributed by atoms with Crippen LogP contribution in [0.3, 0.4) is 0 Å². The Kier molecular flexibility index (Phi) is 4.93. The molecule has 0 aliphatic heterocycles. The molecule has 0 aliphatic carbocycles. The highest BCUT2D eigenvalue weighted by Gasteiger charge is 2.23. The summed E-state index contributed by atoms with van der Waals surface area (Å²) < 4.78 is 0. The van der Waals surface area contributed by atoms with E-state index in [4.69, 9.17) is 0 Å². The molecule has 0 saturated carbocycles. The van der Waals surface area contributed by atoms with Crippen LogP contribution in [0.2, 0.25) is 0 Å². The van der Waals surface area contributed by atoms with Gasteiger partial charge in [-0.05, 0) is 25.5 Å². The third-order valence-electron chi connectivity index (χ3n) is 3.25. The second-order valence-corrected chi connectivity index (χ2v) is 5.34. The molecule has 6 nitrogen and oxygen atoms in total. The van der Waals surface area contributed by atoms with Crippen molar-refractivity contribution < 1.29 is 10.2 Å². The number of benzene rings is 1. The third kappa shape index (κ3) is 3.59. The summed E-state index contributed by atoms with van der Waals surface area (Å²) in [7, 11) is 0. The summed E-state index contributed by atoms with van der Waals surface area (Å²) in [5.41, 5.74) is -0.0223. The lowest BCUT2D eigenvalue weighted by Gasteiger charge is -2.27. The average Bonchev–Trinajstić information content (AvgIpc) is 2.52. The van der Waals surface area contributed by atoms with Crippen LogP contribution >= 0.6 is 0 Å². The maximum absolute atomic E-state index is 9.45. The Hall–Kier alpha value is -1.92. The minimum atomic E-state index is -0.834. The highest BCUT2D eigenvalue weighted by atomic mass is 16.3.